The Balaban J connectivity index is 1.84. The summed E-state index contributed by atoms with van der Waals surface area (Å²) in [6.45, 7) is 4.50. The van der Waals surface area contributed by atoms with Crippen LogP contribution in [0, 0.1) is 5.92 Å². The number of rotatable bonds is 5. The fourth-order valence-corrected chi connectivity index (χ4v) is 2.87. The highest BCUT2D eigenvalue weighted by molar-refractivity contribution is 6.30. The molecule has 3 nitrogen and oxygen atoms in total. The molecule has 1 fully saturated rings. The summed E-state index contributed by atoms with van der Waals surface area (Å²) in [6.07, 6.45) is 3.31. The van der Waals surface area contributed by atoms with E-state index in [0.29, 0.717) is 10.9 Å². The van der Waals surface area contributed by atoms with E-state index in [9.17, 15) is 4.79 Å². The first-order chi connectivity index (χ1) is 10.1. The molecule has 0 bridgehead atoms. The van der Waals surface area contributed by atoms with Gasteiger partial charge in [0.15, 0.2) is 0 Å². The minimum Gasteiger partial charge on any atom is -0.381 e. The Labute approximate surface area is 132 Å². The maximum atomic E-state index is 12.5. The number of halogens is 1. The molecule has 116 valence electrons. The third kappa shape index (κ3) is 4.72. The Kier molecular flexibility index (Phi) is 6.07. The van der Waals surface area contributed by atoms with Gasteiger partial charge in [0, 0.05) is 31.8 Å². The predicted octanol–water partition coefficient (Wildman–Crippen LogP) is 3.72. The molecule has 0 N–H and O–H groups in total. The van der Waals surface area contributed by atoms with Gasteiger partial charge in [-0.25, -0.2) is 0 Å². The molecule has 1 amide bonds. The topological polar surface area (TPSA) is 29.5 Å². The summed E-state index contributed by atoms with van der Waals surface area (Å²) < 4.78 is 5.37. The Bertz CT molecular complexity index is 454. The summed E-state index contributed by atoms with van der Waals surface area (Å²) in [4.78, 5) is 14.3. The minimum atomic E-state index is -0.123. The molecule has 21 heavy (non-hydrogen) atoms. The van der Waals surface area contributed by atoms with Gasteiger partial charge in [0.25, 0.3) is 0 Å². The zero-order valence-electron chi connectivity index (χ0n) is 12.8. The molecule has 0 spiro atoms. The number of ether oxygens (including phenoxy) is 1. The van der Waals surface area contributed by atoms with E-state index in [0.717, 1.165) is 44.6 Å². The first-order valence-corrected chi connectivity index (χ1v) is 8.04. The fraction of sp³-hybridized carbons (Fsp3) is 0.588. The van der Waals surface area contributed by atoms with Gasteiger partial charge in [0.05, 0.1) is 5.92 Å². The van der Waals surface area contributed by atoms with E-state index in [2.05, 4.69) is 0 Å². The number of nitrogens with zero attached hydrogens (tertiary/aromatic N) is 1. The maximum absolute atomic E-state index is 12.5. The van der Waals surface area contributed by atoms with Crippen molar-refractivity contribution in [1.29, 1.82) is 0 Å². The number of hydrogen-bond donors (Lipinski definition) is 0. The van der Waals surface area contributed by atoms with Crippen LogP contribution in [0.15, 0.2) is 24.3 Å². The lowest BCUT2D eigenvalue weighted by molar-refractivity contribution is -0.131. The number of carbonyl (C=O) groups excluding carboxylic acids is 1. The molecule has 0 aromatic heterocycles. The SMILES string of the molecule is C[C@@H](C(=O)N(C)CCC1CCOCC1)c1ccc(Cl)cc1. The van der Waals surface area contributed by atoms with Crippen molar-refractivity contribution in [3.63, 3.8) is 0 Å². The van der Waals surface area contributed by atoms with Crippen molar-refractivity contribution in [2.75, 3.05) is 26.8 Å². The number of hydrogen-bond acceptors (Lipinski definition) is 2. The van der Waals surface area contributed by atoms with Crippen LogP contribution in [0.2, 0.25) is 5.02 Å². The van der Waals surface area contributed by atoms with E-state index in [-0.39, 0.29) is 11.8 Å². The van der Waals surface area contributed by atoms with E-state index >= 15 is 0 Å². The Morgan fingerprint density at radius 3 is 2.57 bits per heavy atom. The van der Waals surface area contributed by atoms with Crippen LogP contribution >= 0.6 is 11.6 Å². The molecule has 0 aliphatic carbocycles. The quantitative estimate of drug-likeness (QED) is 0.829. The highest BCUT2D eigenvalue weighted by atomic mass is 35.5. The molecule has 0 unspecified atom stereocenters. The molecule has 1 atom stereocenters. The van der Waals surface area contributed by atoms with Crippen molar-refractivity contribution < 1.29 is 9.53 Å². The lowest BCUT2D eigenvalue weighted by Gasteiger charge is -2.26. The number of benzene rings is 1. The zero-order chi connectivity index (χ0) is 15.2. The smallest absolute Gasteiger partial charge is 0.229 e. The Morgan fingerprint density at radius 1 is 1.33 bits per heavy atom. The van der Waals surface area contributed by atoms with E-state index in [1.807, 2.05) is 43.1 Å². The Hall–Kier alpha value is -1.06. The molecule has 2 rings (SSSR count). The molecule has 0 radical (unpaired) electrons. The van der Waals surface area contributed by atoms with Gasteiger partial charge in [-0.3, -0.25) is 4.79 Å². The van der Waals surface area contributed by atoms with E-state index < -0.39 is 0 Å². The highest BCUT2D eigenvalue weighted by Crippen LogP contribution is 2.22. The second-order valence-corrected chi connectivity index (χ2v) is 6.31. The first-order valence-electron chi connectivity index (χ1n) is 7.66. The van der Waals surface area contributed by atoms with Gasteiger partial charge in [0.2, 0.25) is 5.91 Å². The molecule has 0 saturated carbocycles. The van der Waals surface area contributed by atoms with Crippen molar-refractivity contribution in [2.24, 2.45) is 5.92 Å². The summed E-state index contributed by atoms with van der Waals surface area (Å²) in [6, 6.07) is 7.53. The lowest BCUT2D eigenvalue weighted by atomic mass is 9.95. The third-order valence-electron chi connectivity index (χ3n) is 4.33. The van der Waals surface area contributed by atoms with Gasteiger partial charge in [-0.05, 0) is 49.8 Å². The van der Waals surface area contributed by atoms with Crippen LogP contribution in [0.3, 0.4) is 0 Å². The average Bonchev–Trinajstić information content (AvgIpc) is 2.53. The van der Waals surface area contributed by atoms with Crippen LogP contribution in [0.1, 0.15) is 37.7 Å². The highest BCUT2D eigenvalue weighted by Gasteiger charge is 2.21. The van der Waals surface area contributed by atoms with Gasteiger partial charge >= 0.3 is 0 Å². The van der Waals surface area contributed by atoms with Crippen molar-refractivity contribution in [1.82, 2.24) is 4.90 Å². The number of likely N-dealkylation sites (N-methyl/N-ethyl adjacent to an activating group) is 1. The maximum Gasteiger partial charge on any atom is 0.229 e. The number of amides is 1. The third-order valence-corrected chi connectivity index (χ3v) is 4.58. The van der Waals surface area contributed by atoms with Crippen molar-refractivity contribution in [2.45, 2.75) is 32.1 Å². The van der Waals surface area contributed by atoms with E-state index in [1.165, 1.54) is 0 Å². The van der Waals surface area contributed by atoms with E-state index in [4.69, 9.17) is 16.3 Å². The largest absolute Gasteiger partial charge is 0.381 e. The second kappa shape index (κ2) is 7.81. The average molecular weight is 310 g/mol. The summed E-state index contributed by atoms with van der Waals surface area (Å²) in [7, 11) is 1.90. The van der Waals surface area contributed by atoms with Gasteiger partial charge < -0.3 is 9.64 Å². The first kappa shape index (κ1) is 16.3. The molecule has 1 aliphatic heterocycles. The lowest BCUT2D eigenvalue weighted by Crippen LogP contribution is -2.33. The van der Waals surface area contributed by atoms with Gasteiger partial charge in [-0.2, -0.15) is 0 Å². The van der Waals surface area contributed by atoms with Crippen LogP contribution in [0.4, 0.5) is 0 Å². The molecular weight excluding hydrogens is 286 g/mol. The summed E-state index contributed by atoms with van der Waals surface area (Å²) in [5, 5.41) is 0.700. The van der Waals surface area contributed by atoms with Crippen LogP contribution in [-0.4, -0.2) is 37.6 Å². The summed E-state index contributed by atoms with van der Waals surface area (Å²) in [5.41, 5.74) is 1.02. The zero-order valence-corrected chi connectivity index (χ0v) is 13.6. The molecule has 4 heteroatoms. The fourth-order valence-electron chi connectivity index (χ4n) is 2.75. The van der Waals surface area contributed by atoms with Crippen molar-refractivity contribution in [3.05, 3.63) is 34.9 Å². The monoisotopic (exact) mass is 309 g/mol. The van der Waals surface area contributed by atoms with Crippen molar-refractivity contribution in [3.8, 4) is 0 Å². The van der Waals surface area contributed by atoms with Gasteiger partial charge in [-0.1, -0.05) is 23.7 Å². The molecule has 1 saturated heterocycles. The molecule has 1 aromatic rings. The van der Waals surface area contributed by atoms with Gasteiger partial charge in [-0.15, -0.1) is 0 Å². The van der Waals surface area contributed by atoms with Crippen LogP contribution in [-0.2, 0) is 9.53 Å². The summed E-state index contributed by atoms with van der Waals surface area (Å²) in [5.74, 6) is 0.742. The predicted molar refractivity (Wildman–Crippen MR) is 85.7 cm³/mol. The molecule has 1 aliphatic rings. The molecule has 1 aromatic carbocycles. The van der Waals surface area contributed by atoms with E-state index in [1.54, 1.807) is 0 Å². The minimum absolute atomic E-state index is 0.123. The normalized spacial score (nSPS) is 17.5. The Morgan fingerprint density at radius 2 is 1.95 bits per heavy atom. The van der Waals surface area contributed by atoms with Crippen LogP contribution in [0.5, 0.6) is 0 Å². The van der Waals surface area contributed by atoms with Crippen LogP contribution < -0.4 is 0 Å². The standard InChI is InChI=1S/C17H24ClNO2/c1-13(15-3-5-16(18)6-4-15)17(20)19(2)10-7-14-8-11-21-12-9-14/h3-6,13-14H,7-12H2,1-2H3/t13-/m1/s1. The van der Waals surface area contributed by atoms with Gasteiger partial charge in [0.1, 0.15) is 0 Å². The number of carbonyl (C=O) groups is 1. The molecular formula is C17H24ClNO2. The molecule has 1 heterocycles. The van der Waals surface area contributed by atoms with Crippen LogP contribution in [0.25, 0.3) is 0 Å². The summed E-state index contributed by atoms with van der Waals surface area (Å²) >= 11 is 5.89. The van der Waals surface area contributed by atoms with Crippen molar-refractivity contribution >= 4 is 17.5 Å². The second-order valence-electron chi connectivity index (χ2n) is 5.88.